The molecule has 0 unspecified atom stereocenters. The number of halogens is 1. The largest absolute Gasteiger partial charge is 0.212 e. The van der Waals surface area contributed by atoms with Crippen LogP contribution in [0, 0.1) is 5.92 Å². The highest BCUT2D eigenvalue weighted by Crippen LogP contribution is 2.37. The normalized spacial score (nSPS) is 19.5. The summed E-state index contributed by atoms with van der Waals surface area (Å²) in [5, 5.41) is 0. The van der Waals surface area contributed by atoms with Gasteiger partial charge in [0.15, 0.2) is 0 Å². The second-order valence-electron chi connectivity index (χ2n) is 9.54. The molecule has 1 heteroatoms. The van der Waals surface area contributed by atoms with E-state index in [0.29, 0.717) is 6.42 Å². The van der Waals surface area contributed by atoms with Crippen molar-refractivity contribution in [2.24, 2.45) is 5.92 Å². The molecule has 0 saturated heterocycles. The van der Waals surface area contributed by atoms with Gasteiger partial charge in [0.1, 0.15) is 5.83 Å². The molecule has 168 valence electrons. The summed E-state index contributed by atoms with van der Waals surface area (Å²) in [6, 6.07) is 17.8. The molecule has 0 radical (unpaired) electrons. The Morgan fingerprint density at radius 2 is 1.42 bits per heavy atom. The minimum atomic E-state index is 0.000130. The molecule has 0 aromatic heterocycles. The van der Waals surface area contributed by atoms with Crippen LogP contribution in [-0.2, 0) is 12.8 Å². The Hall–Kier alpha value is -1.89. The number of rotatable bonds is 11. The monoisotopic (exact) mass is 420 g/mol. The van der Waals surface area contributed by atoms with E-state index in [4.69, 9.17) is 0 Å². The van der Waals surface area contributed by atoms with E-state index in [2.05, 4.69) is 50.2 Å². The molecule has 1 aliphatic rings. The number of hydrogen-bond acceptors (Lipinski definition) is 0. The van der Waals surface area contributed by atoms with Crippen LogP contribution >= 0.6 is 0 Å². The zero-order chi connectivity index (χ0) is 21.9. The first-order valence-corrected chi connectivity index (χ1v) is 12.7. The summed E-state index contributed by atoms with van der Waals surface area (Å²) in [6.07, 6.45) is 15.8. The second kappa shape index (κ2) is 12.8. The number of hydrogen-bond donors (Lipinski definition) is 0. The Morgan fingerprint density at radius 1 is 0.806 bits per heavy atom. The van der Waals surface area contributed by atoms with Crippen LogP contribution in [0.4, 0.5) is 4.39 Å². The lowest BCUT2D eigenvalue weighted by Crippen LogP contribution is -2.13. The third kappa shape index (κ3) is 7.95. The van der Waals surface area contributed by atoms with Crippen molar-refractivity contribution in [2.75, 3.05) is 0 Å². The lowest BCUT2D eigenvalue weighted by atomic mass is 9.77. The van der Waals surface area contributed by atoms with E-state index in [1.54, 1.807) is 6.08 Å². The fourth-order valence-electron chi connectivity index (χ4n) is 5.02. The highest BCUT2D eigenvalue weighted by atomic mass is 19.1. The van der Waals surface area contributed by atoms with Crippen molar-refractivity contribution in [1.82, 2.24) is 0 Å². The second-order valence-corrected chi connectivity index (χ2v) is 9.54. The van der Waals surface area contributed by atoms with Gasteiger partial charge < -0.3 is 0 Å². The van der Waals surface area contributed by atoms with E-state index in [0.717, 1.165) is 49.5 Å². The number of allylic oxidation sites excluding steroid dienone is 1. The van der Waals surface area contributed by atoms with E-state index in [9.17, 15) is 4.39 Å². The zero-order valence-electron chi connectivity index (χ0n) is 19.7. The summed E-state index contributed by atoms with van der Waals surface area (Å²) < 4.78 is 14.0. The van der Waals surface area contributed by atoms with Crippen LogP contribution in [-0.4, -0.2) is 0 Å². The summed E-state index contributed by atoms with van der Waals surface area (Å²) in [5.74, 6) is 1.74. The Labute approximate surface area is 190 Å². The average Bonchev–Trinajstić information content (AvgIpc) is 2.80. The molecular weight excluding hydrogens is 379 g/mol. The fourth-order valence-corrected chi connectivity index (χ4v) is 5.02. The van der Waals surface area contributed by atoms with Crippen LogP contribution in [0.1, 0.15) is 106 Å². The molecule has 0 aliphatic heterocycles. The first-order chi connectivity index (χ1) is 15.2. The van der Waals surface area contributed by atoms with Crippen LogP contribution in [0.3, 0.4) is 0 Å². The van der Waals surface area contributed by atoms with E-state index in [1.807, 2.05) is 12.1 Å². The molecule has 1 aliphatic carbocycles. The molecule has 1 fully saturated rings. The Bertz CT molecular complexity index is 776. The van der Waals surface area contributed by atoms with Crippen LogP contribution in [0.25, 0.3) is 6.08 Å². The lowest BCUT2D eigenvalue weighted by Gasteiger charge is -2.28. The molecule has 2 aromatic carbocycles. The molecule has 2 aromatic rings. The van der Waals surface area contributed by atoms with Crippen molar-refractivity contribution >= 4 is 6.08 Å². The zero-order valence-corrected chi connectivity index (χ0v) is 19.7. The summed E-state index contributed by atoms with van der Waals surface area (Å²) in [7, 11) is 0. The van der Waals surface area contributed by atoms with Crippen molar-refractivity contribution < 1.29 is 4.39 Å². The first kappa shape index (κ1) is 23.8. The Morgan fingerprint density at radius 3 is 2.00 bits per heavy atom. The molecule has 0 nitrogen and oxygen atoms in total. The van der Waals surface area contributed by atoms with E-state index < -0.39 is 0 Å². The number of aryl methyl sites for hydroxylation is 2. The average molecular weight is 421 g/mol. The maximum atomic E-state index is 14.0. The van der Waals surface area contributed by atoms with Crippen molar-refractivity contribution in [3.05, 3.63) is 76.6 Å². The van der Waals surface area contributed by atoms with Crippen LogP contribution < -0.4 is 0 Å². The molecular formula is C30H41F. The van der Waals surface area contributed by atoms with E-state index in [-0.39, 0.29) is 5.83 Å². The molecule has 0 heterocycles. The fraction of sp³-hybridized carbons (Fsp3) is 0.533. The highest BCUT2D eigenvalue weighted by molar-refractivity contribution is 5.51. The SMILES string of the molecule is CCCCCC(F)=Cc1ccc(CCc2ccc(C3CCC(CCC)CC3)cc2)cc1. The first-order valence-electron chi connectivity index (χ1n) is 12.7. The minimum absolute atomic E-state index is 0.000130. The van der Waals surface area contributed by atoms with Crippen LogP contribution in [0.2, 0.25) is 0 Å². The molecule has 0 bridgehead atoms. The van der Waals surface area contributed by atoms with E-state index in [1.165, 1.54) is 55.2 Å². The third-order valence-corrected chi connectivity index (χ3v) is 7.02. The van der Waals surface area contributed by atoms with Gasteiger partial charge in [-0.2, -0.15) is 0 Å². The summed E-state index contributed by atoms with van der Waals surface area (Å²) in [5.41, 5.74) is 5.24. The topological polar surface area (TPSA) is 0 Å². The predicted molar refractivity (Wildman–Crippen MR) is 133 cm³/mol. The lowest BCUT2D eigenvalue weighted by molar-refractivity contribution is 0.308. The van der Waals surface area contributed by atoms with Crippen LogP contribution in [0.15, 0.2) is 54.4 Å². The van der Waals surface area contributed by atoms with Gasteiger partial charge in [0.05, 0.1) is 0 Å². The molecule has 1 saturated carbocycles. The molecule has 3 rings (SSSR count). The van der Waals surface area contributed by atoms with Gasteiger partial charge in [-0.05, 0) is 91.5 Å². The molecule has 0 amide bonds. The van der Waals surface area contributed by atoms with Crippen molar-refractivity contribution in [3.8, 4) is 0 Å². The number of unbranched alkanes of at least 4 members (excludes halogenated alkanes) is 2. The van der Waals surface area contributed by atoms with Gasteiger partial charge in [-0.15, -0.1) is 0 Å². The van der Waals surface area contributed by atoms with Gasteiger partial charge in [-0.3, -0.25) is 0 Å². The quantitative estimate of drug-likeness (QED) is 0.317. The van der Waals surface area contributed by atoms with Gasteiger partial charge in [-0.1, -0.05) is 88.1 Å². The maximum absolute atomic E-state index is 14.0. The summed E-state index contributed by atoms with van der Waals surface area (Å²) in [6.45, 7) is 4.46. The van der Waals surface area contributed by atoms with E-state index >= 15 is 0 Å². The minimum Gasteiger partial charge on any atom is -0.212 e. The van der Waals surface area contributed by atoms with Gasteiger partial charge in [0, 0.05) is 0 Å². The van der Waals surface area contributed by atoms with Crippen LogP contribution in [0.5, 0.6) is 0 Å². The van der Waals surface area contributed by atoms with Gasteiger partial charge in [0.25, 0.3) is 0 Å². The highest BCUT2D eigenvalue weighted by Gasteiger charge is 2.21. The standard InChI is InChI=1S/C30H41F/c1-3-5-6-8-30(31)23-27-13-11-25(12-14-27)9-10-26-17-21-29(22-18-26)28-19-15-24(7-4-2)16-20-28/h11-14,17-18,21-24,28H,3-10,15-16,19-20H2,1-2H3. The summed E-state index contributed by atoms with van der Waals surface area (Å²) >= 11 is 0. The molecule has 31 heavy (non-hydrogen) atoms. The predicted octanol–water partition coefficient (Wildman–Crippen LogP) is 9.44. The number of benzene rings is 2. The molecule has 0 spiro atoms. The van der Waals surface area contributed by atoms with Gasteiger partial charge in [0.2, 0.25) is 0 Å². The smallest absolute Gasteiger partial charge is 0.101 e. The maximum Gasteiger partial charge on any atom is 0.101 e. The molecule has 0 atom stereocenters. The van der Waals surface area contributed by atoms with Crippen molar-refractivity contribution in [1.29, 1.82) is 0 Å². The molecule has 0 N–H and O–H groups in total. The van der Waals surface area contributed by atoms with Gasteiger partial charge in [-0.25, -0.2) is 4.39 Å². The van der Waals surface area contributed by atoms with Crippen molar-refractivity contribution in [3.63, 3.8) is 0 Å². The Balaban J connectivity index is 1.45. The van der Waals surface area contributed by atoms with Crippen molar-refractivity contribution in [2.45, 2.75) is 96.8 Å². The van der Waals surface area contributed by atoms with Gasteiger partial charge >= 0.3 is 0 Å². The summed E-state index contributed by atoms with van der Waals surface area (Å²) in [4.78, 5) is 0. The Kier molecular flexibility index (Phi) is 9.85. The third-order valence-electron chi connectivity index (χ3n) is 7.02.